The van der Waals surface area contributed by atoms with E-state index in [9.17, 15) is 0 Å². The monoisotopic (exact) mass is 380 g/mol. The van der Waals surface area contributed by atoms with Crippen LogP contribution < -0.4 is 0 Å². The zero-order valence-corrected chi connectivity index (χ0v) is 16.7. The van der Waals surface area contributed by atoms with E-state index in [-0.39, 0.29) is 6.10 Å². The van der Waals surface area contributed by atoms with Crippen LogP contribution in [0, 0.1) is 11.8 Å². The van der Waals surface area contributed by atoms with Gasteiger partial charge in [0.15, 0.2) is 0 Å². The summed E-state index contributed by atoms with van der Waals surface area (Å²) in [4.78, 5) is 0. The lowest BCUT2D eigenvalue weighted by atomic mass is 9.98. The molecular weight excluding hydrogens is 352 g/mol. The van der Waals surface area contributed by atoms with Crippen LogP contribution in [-0.2, 0) is 11.3 Å². The van der Waals surface area contributed by atoms with Crippen LogP contribution >= 0.6 is 0 Å². The summed E-state index contributed by atoms with van der Waals surface area (Å²) < 4.78 is 6.49. The van der Waals surface area contributed by atoms with Gasteiger partial charge in [0, 0.05) is 11.8 Å². The molecule has 0 aliphatic heterocycles. The molecule has 1 saturated carbocycles. The zero-order valence-electron chi connectivity index (χ0n) is 16.7. The van der Waals surface area contributed by atoms with E-state index in [2.05, 4.69) is 115 Å². The van der Waals surface area contributed by atoms with Gasteiger partial charge < -0.3 is 4.74 Å². The Morgan fingerprint density at radius 1 is 0.621 bits per heavy atom. The molecule has 0 saturated heterocycles. The maximum atomic E-state index is 6.49. The second-order valence-electron chi connectivity index (χ2n) is 7.71. The molecule has 3 aromatic carbocycles. The van der Waals surface area contributed by atoms with E-state index in [1.165, 1.54) is 16.7 Å². The van der Waals surface area contributed by atoms with E-state index in [1.807, 2.05) is 0 Å². The fourth-order valence-electron chi connectivity index (χ4n) is 4.05. The van der Waals surface area contributed by atoms with Gasteiger partial charge in [0.25, 0.3) is 0 Å². The predicted molar refractivity (Wildman–Crippen MR) is 122 cm³/mol. The van der Waals surface area contributed by atoms with E-state index in [4.69, 9.17) is 4.74 Å². The number of benzene rings is 3. The van der Waals surface area contributed by atoms with E-state index >= 15 is 0 Å². The quantitative estimate of drug-likeness (QED) is 0.428. The van der Waals surface area contributed by atoms with Crippen molar-refractivity contribution in [2.75, 3.05) is 0 Å². The molecule has 4 rings (SSSR count). The highest BCUT2D eigenvalue weighted by molar-refractivity contribution is 5.50. The highest BCUT2D eigenvalue weighted by Crippen LogP contribution is 2.37. The minimum atomic E-state index is 0.204. The van der Waals surface area contributed by atoms with Crippen molar-refractivity contribution in [1.29, 1.82) is 0 Å². The van der Waals surface area contributed by atoms with E-state index in [0.717, 1.165) is 12.8 Å². The topological polar surface area (TPSA) is 9.23 Å². The maximum Gasteiger partial charge on any atom is 0.0721 e. The molecule has 1 heteroatoms. The van der Waals surface area contributed by atoms with Crippen LogP contribution in [0.3, 0.4) is 0 Å². The molecule has 0 bridgehead atoms. The molecule has 1 unspecified atom stereocenters. The molecule has 0 spiro atoms. The third-order valence-corrected chi connectivity index (χ3v) is 5.63. The number of rotatable bonds is 7. The first-order chi connectivity index (χ1) is 14.4. The molecule has 1 nitrogen and oxygen atoms in total. The summed E-state index contributed by atoms with van der Waals surface area (Å²) >= 11 is 0. The first-order valence-electron chi connectivity index (χ1n) is 10.5. The Morgan fingerprint density at radius 2 is 1.07 bits per heavy atom. The van der Waals surface area contributed by atoms with Crippen molar-refractivity contribution in [2.45, 2.75) is 25.6 Å². The van der Waals surface area contributed by atoms with Crippen LogP contribution in [0.15, 0.2) is 103 Å². The Kier molecular flexibility index (Phi) is 6.72. The first-order valence-corrected chi connectivity index (χ1v) is 10.5. The van der Waals surface area contributed by atoms with Crippen LogP contribution in [0.4, 0.5) is 0 Å². The molecule has 1 fully saturated rings. The average molecular weight is 381 g/mol. The molecule has 0 aromatic heterocycles. The molecule has 29 heavy (non-hydrogen) atoms. The fraction of sp³-hybridized carbons (Fsp3) is 0.214. The van der Waals surface area contributed by atoms with Gasteiger partial charge in [-0.3, -0.25) is 0 Å². The van der Waals surface area contributed by atoms with Crippen LogP contribution in [0.5, 0.6) is 0 Å². The van der Waals surface area contributed by atoms with Crippen molar-refractivity contribution in [3.63, 3.8) is 0 Å². The lowest BCUT2D eigenvalue weighted by Gasteiger charge is -2.22. The summed E-state index contributed by atoms with van der Waals surface area (Å²) in [6.07, 6.45) is 11.7. The Labute approximate surface area is 174 Å². The summed E-state index contributed by atoms with van der Waals surface area (Å²) in [7, 11) is 0. The third kappa shape index (κ3) is 5.56. The Morgan fingerprint density at radius 3 is 1.55 bits per heavy atom. The van der Waals surface area contributed by atoms with Gasteiger partial charge in [-0.05, 0) is 29.5 Å². The lowest BCUT2D eigenvalue weighted by molar-refractivity contribution is 0.0101. The molecule has 0 radical (unpaired) electrons. The predicted octanol–water partition coefficient (Wildman–Crippen LogP) is 7.02. The highest BCUT2D eigenvalue weighted by atomic mass is 16.5. The Balaban J connectivity index is 1.49. The van der Waals surface area contributed by atoms with Gasteiger partial charge in [-0.15, -0.1) is 0 Å². The molecule has 1 aliphatic carbocycles. The van der Waals surface area contributed by atoms with Crippen molar-refractivity contribution < 1.29 is 4.74 Å². The van der Waals surface area contributed by atoms with Crippen LogP contribution in [-0.4, -0.2) is 6.10 Å². The van der Waals surface area contributed by atoms with Gasteiger partial charge in [-0.1, -0.05) is 115 Å². The molecule has 1 aliphatic rings. The normalized spacial score (nSPS) is 21.9. The van der Waals surface area contributed by atoms with Crippen molar-refractivity contribution in [1.82, 2.24) is 0 Å². The third-order valence-electron chi connectivity index (χ3n) is 5.63. The van der Waals surface area contributed by atoms with Gasteiger partial charge >= 0.3 is 0 Å². The van der Waals surface area contributed by atoms with Gasteiger partial charge in [0.1, 0.15) is 0 Å². The summed E-state index contributed by atoms with van der Waals surface area (Å²) in [6.45, 7) is 0.664. The van der Waals surface area contributed by atoms with Crippen LogP contribution in [0.2, 0.25) is 0 Å². The minimum Gasteiger partial charge on any atom is -0.372 e. The van der Waals surface area contributed by atoms with Crippen molar-refractivity contribution >= 4 is 12.2 Å². The minimum absolute atomic E-state index is 0.204. The standard InChI is InChI=1S/C28H28O/c1-4-10-23(11-5-1)16-18-26-20-21-27(19-17-24-12-6-2-7-13-24)28(26)29-22-25-14-8-3-9-15-25/h1-19,26-28H,20-22H2/b18-16+,19-17+/t26-,27+,28?. The van der Waals surface area contributed by atoms with Crippen molar-refractivity contribution in [3.05, 3.63) is 120 Å². The molecule has 3 aromatic rings. The van der Waals surface area contributed by atoms with E-state index < -0.39 is 0 Å². The van der Waals surface area contributed by atoms with Crippen molar-refractivity contribution in [3.8, 4) is 0 Å². The average Bonchev–Trinajstić information content (AvgIpc) is 3.18. The Bertz CT molecular complexity index is 855. The molecule has 146 valence electrons. The maximum absolute atomic E-state index is 6.49. The van der Waals surface area contributed by atoms with Crippen molar-refractivity contribution in [2.24, 2.45) is 11.8 Å². The summed E-state index contributed by atoms with van der Waals surface area (Å²) in [5.74, 6) is 0.869. The number of hydrogen-bond donors (Lipinski definition) is 0. The van der Waals surface area contributed by atoms with Gasteiger partial charge in [0.2, 0.25) is 0 Å². The molecular formula is C28H28O. The number of ether oxygens (including phenoxy) is 1. The summed E-state index contributed by atoms with van der Waals surface area (Å²) in [5, 5.41) is 0. The fourth-order valence-corrected chi connectivity index (χ4v) is 4.05. The van der Waals surface area contributed by atoms with Crippen LogP contribution in [0.25, 0.3) is 12.2 Å². The lowest BCUT2D eigenvalue weighted by Crippen LogP contribution is -2.23. The largest absolute Gasteiger partial charge is 0.372 e. The first kappa shape index (κ1) is 19.4. The summed E-state index contributed by atoms with van der Waals surface area (Å²) in [6, 6.07) is 31.5. The molecule has 0 heterocycles. The van der Waals surface area contributed by atoms with Gasteiger partial charge in [0.05, 0.1) is 12.7 Å². The van der Waals surface area contributed by atoms with E-state index in [0.29, 0.717) is 18.4 Å². The van der Waals surface area contributed by atoms with Gasteiger partial charge in [-0.25, -0.2) is 0 Å². The van der Waals surface area contributed by atoms with Gasteiger partial charge in [-0.2, -0.15) is 0 Å². The molecule has 0 amide bonds. The summed E-state index contributed by atoms with van der Waals surface area (Å²) in [5.41, 5.74) is 3.73. The molecule has 0 N–H and O–H groups in total. The Hall–Kier alpha value is -2.90. The number of hydrogen-bond acceptors (Lipinski definition) is 1. The SMILES string of the molecule is C(=C\[C@@H]1CC[C@H](/C=C/c2ccccc2)C1OCc1ccccc1)/c1ccccc1. The van der Waals surface area contributed by atoms with E-state index in [1.54, 1.807) is 0 Å². The molecule has 3 atom stereocenters. The van der Waals surface area contributed by atoms with Crippen LogP contribution in [0.1, 0.15) is 29.5 Å². The second kappa shape index (κ2) is 10.0. The smallest absolute Gasteiger partial charge is 0.0721 e. The zero-order chi connectivity index (χ0) is 19.7. The second-order valence-corrected chi connectivity index (χ2v) is 7.71. The highest BCUT2D eigenvalue weighted by Gasteiger charge is 2.34.